The molecule has 4 nitrogen and oxygen atoms in total. The Morgan fingerprint density at radius 1 is 1.00 bits per heavy atom. The number of rotatable bonds is 7. The van der Waals surface area contributed by atoms with Gasteiger partial charge in [-0.25, -0.2) is 0 Å². The Balaban J connectivity index is 0.00000225. The monoisotopic (exact) mass is 451 g/mol. The zero-order chi connectivity index (χ0) is 20.0. The van der Waals surface area contributed by atoms with Crippen LogP contribution >= 0.6 is 24.8 Å². The van der Waals surface area contributed by atoms with Gasteiger partial charge in [0.15, 0.2) is 0 Å². The molecule has 1 aliphatic rings. The van der Waals surface area contributed by atoms with E-state index in [1.54, 1.807) is 0 Å². The van der Waals surface area contributed by atoms with Crippen molar-refractivity contribution in [3.05, 3.63) is 71.8 Å². The highest BCUT2D eigenvalue weighted by Crippen LogP contribution is 2.37. The number of carbonyl (C=O) groups is 1. The summed E-state index contributed by atoms with van der Waals surface area (Å²) in [5.74, 6) is 0.259. The van der Waals surface area contributed by atoms with Gasteiger partial charge in [0.2, 0.25) is 5.91 Å². The first-order valence-electron chi connectivity index (χ1n) is 10.3. The zero-order valence-corrected chi connectivity index (χ0v) is 19.8. The summed E-state index contributed by atoms with van der Waals surface area (Å²) >= 11 is 0. The predicted octanol–water partition coefficient (Wildman–Crippen LogP) is 3.99. The normalized spacial score (nSPS) is 16.3. The first-order valence-corrected chi connectivity index (χ1v) is 10.3. The van der Waals surface area contributed by atoms with Crippen molar-refractivity contribution in [2.75, 3.05) is 40.8 Å². The molecular weight excluding hydrogens is 417 g/mol. The molecular formula is C24H35Cl2N3O. The molecule has 30 heavy (non-hydrogen) atoms. The van der Waals surface area contributed by atoms with E-state index in [0.29, 0.717) is 6.54 Å². The molecule has 3 rings (SSSR count). The molecule has 0 radical (unpaired) electrons. The molecule has 1 aliphatic heterocycles. The molecule has 6 heteroatoms. The van der Waals surface area contributed by atoms with Gasteiger partial charge in [-0.1, -0.05) is 60.7 Å². The van der Waals surface area contributed by atoms with Crippen molar-refractivity contribution in [2.45, 2.75) is 24.8 Å². The third-order valence-electron chi connectivity index (χ3n) is 6.19. The second-order valence-corrected chi connectivity index (χ2v) is 8.06. The van der Waals surface area contributed by atoms with Crippen molar-refractivity contribution in [3.63, 3.8) is 0 Å². The molecule has 2 aromatic carbocycles. The van der Waals surface area contributed by atoms with E-state index in [0.717, 1.165) is 32.4 Å². The SMILES string of the molecule is CNC[C@H](Cc1ccccc1)C(=O)N1CCC(c2ccccc2)(N(C)C)CC1.Cl.Cl. The molecule has 0 aliphatic carbocycles. The summed E-state index contributed by atoms with van der Waals surface area (Å²) in [6.45, 7) is 2.32. The van der Waals surface area contributed by atoms with Crippen LogP contribution in [0, 0.1) is 5.92 Å². The smallest absolute Gasteiger partial charge is 0.227 e. The van der Waals surface area contributed by atoms with Crippen LogP contribution in [0.5, 0.6) is 0 Å². The number of nitrogens with zero attached hydrogens (tertiary/aromatic N) is 2. The minimum atomic E-state index is -0.0176. The van der Waals surface area contributed by atoms with Crippen LogP contribution in [0.25, 0.3) is 0 Å². The molecule has 0 bridgehead atoms. The molecule has 0 spiro atoms. The molecule has 0 saturated carbocycles. The fraction of sp³-hybridized carbons (Fsp3) is 0.458. The van der Waals surface area contributed by atoms with Gasteiger partial charge < -0.3 is 10.2 Å². The van der Waals surface area contributed by atoms with Gasteiger partial charge in [-0.2, -0.15) is 0 Å². The maximum absolute atomic E-state index is 13.3. The number of nitrogens with one attached hydrogen (secondary N) is 1. The fourth-order valence-electron chi connectivity index (χ4n) is 4.49. The Kier molecular flexibility index (Phi) is 10.9. The number of halogens is 2. The molecule has 166 valence electrons. The van der Waals surface area contributed by atoms with Crippen LogP contribution in [0.3, 0.4) is 0 Å². The highest BCUT2D eigenvalue weighted by molar-refractivity contribution is 5.85. The second kappa shape index (κ2) is 12.3. The summed E-state index contributed by atoms with van der Waals surface area (Å²) in [6.07, 6.45) is 2.72. The molecule has 1 N–H and O–H groups in total. The fourth-order valence-corrected chi connectivity index (χ4v) is 4.49. The summed E-state index contributed by atoms with van der Waals surface area (Å²) in [5.41, 5.74) is 2.58. The largest absolute Gasteiger partial charge is 0.342 e. The standard InChI is InChI=1S/C24H33N3O.2ClH/c1-25-19-21(18-20-10-6-4-7-11-20)23(28)27-16-14-24(15-17-27,26(2)3)22-12-8-5-9-13-22;;/h4-13,21,25H,14-19H2,1-3H3;2*1H/t21-;;/m0../s1. The summed E-state index contributed by atoms with van der Waals surface area (Å²) in [6, 6.07) is 21.1. The quantitative estimate of drug-likeness (QED) is 0.690. The summed E-state index contributed by atoms with van der Waals surface area (Å²) < 4.78 is 0. The van der Waals surface area contributed by atoms with Crippen LogP contribution in [0.2, 0.25) is 0 Å². The van der Waals surface area contributed by atoms with Crippen molar-refractivity contribution in [1.82, 2.24) is 15.1 Å². The molecule has 2 aromatic rings. The number of hydrogen-bond acceptors (Lipinski definition) is 3. The first-order chi connectivity index (χ1) is 13.6. The van der Waals surface area contributed by atoms with E-state index in [1.165, 1.54) is 11.1 Å². The van der Waals surface area contributed by atoms with Gasteiger partial charge in [-0.15, -0.1) is 24.8 Å². The molecule has 1 atom stereocenters. The number of benzene rings is 2. The average molecular weight is 452 g/mol. The lowest BCUT2D eigenvalue weighted by atomic mass is 9.79. The Bertz CT molecular complexity index is 748. The van der Waals surface area contributed by atoms with Crippen molar-refractivity contribution in [3.8, 4) is 0 Å². The van der Waals surface area contributed by atoms with Crippen molar-refractivity contribution >= 4 is 30.7 Å². The van der Waals surface area contributed by atoms with Crippen LogP contribution in [-0.4, -0.2) is 56.5 Å². The number of amides is 1. The third-order valence-corrected chi connectivity index (χ3v) is 6.19. The highest BCUT2D eigenvalue weighted by atomic mass is 35.5. The number of likely N-dealkylation sites (tertiary alicyclic amines) is 1. The zero-order valence-electron chi connectivity index (χ0n) is 18.2. The summed E-state index contributed by atoms with van der Waals surface area (Å²) in [7, 11) is 6.24. The van der Waals surface area contributed by atoms with Crippen molar-refractivity contribution in [1.29, 1.82) is 0 Å². The van der Waals surface area contributed by atoms with E-state index in [-0.39, 0.29) is 42.2 Å². The average Bonchev–Trinajstić information content (AvgIpc) is 2.74. The van der Waals surface area contributed by atoms with Crippen LogP contribution in [0.15, 0.2) is 60.7 Å². The van der Waals surface area contributed by atoms with Crippen molar-refractivity contribution < 1.29 is 4.79 Å². The molecule has 1 fully saturated rings. The predicted molar refractivity (Wildman–Crippen MR) is 130 cm³/mol. The third kappa shape index (κ3) is 5.98. The van der Waals surface area contributed by atoms with E-state index in [1.807, 2.05) is 25.2 Å². The Hall–Kier alpha value is -1.59. The lowest BCUT2D eigenvalue weighted by Gasteiger charge is -2.47. The number of hydrogen-bond donors (Lipinski definition) is 1. The first kappa shape index (κ1) is 26.4. The molecule has 1 saturated heterocycles. The van der Waals surface area contributed by atoms with Gasteiger partial charge >= 0.3 is 0 Å². The minimum absolute atomic E-state index is 0. The minimum Gasteiger partial charge on any atom is -0.342 e. The van der Waals surface area contributed by atoms with E-state index in [2.05, 4.69) is 71.7 Å². The molecule has 0 aromatic heterocycles. The molecule has 1 heterocycles. The van der Waals surface area contributed by atoms with Gasteiger partial charge in [-0.3, -0.25) is 9.69 Å². The van der Waals surface area contributed by atoms with Crippen LogP contribution in [-0.2, 0) is 16.8 Å². The number of piperidine rings is 1. The van der Waals surface area contributed by atoms with Crippen LogP contribution in [0.4, 0.5) is 0 Å². The lowest BCUT2D eigenvalue weighted by Crippen LogP contribution is -2.53. The van der Waals surface area contributed by atoms with Gasteiger partial charge in [0.1, 0.15) is 0 Å². The van der Waals surface area contributed by atoms with E-state index < -0.39 is 0 Å². The van der Waals surface area contributed by atoms with Crippen LogP contribution < -0.4 is 5.32 Å². The number of carbonyl (C=O) groups excluding carboxylic acids is 1. The molecule has 0 unspecified atom stereocenters. The van der Waals surface area contributed by atoms with Gasteiger partial charge in [0.05, 0.1) is 5.92 Å². The summed E-state index contributed by atoms with van der Waals surface area (Å²) in [4.78, 5) is 17.7. The topological polar surface area (TPSA) is 35.6 Å². The molecule has 1 amide bonds. The maximum Gasteiger partial charge on any atom is 0.227 e. The maximum atomic E-state index is 13.3. The van der Waals surface area contributed by atoms with E-state index >= 15 is 0 Å². The summed E-state index contributed by atoms with van der Waals surface area (Å²) in [5, 5.41) is 3.21. The van der Waals surface area contributed by atoms with E-state index in [4.69, 9.17) is 0 Å². The Morgan fingerprint density at radius 3 is 2.03 bits per heavy atom. The Morgan fingerprint density at radius 2 is 1.53 bits per heavy atom. The van der Waals surface area contributed by atoms with Gasteiger partial charge in [0, 0.05) is 25.2 Å². The van der Waals surface area contributed by atoms with Crippen molar-refractivity contribution in [2.24, 2.45) is 5.92 Å². The lowest BCUT2D eigenvalue weighted by molar-refractivity contribution is -0.138. The van der Waals surface area contributed by atoms with Gasteiger partial charge in [-0.05, 0) is 51.5 Å². The Labute approximate surface area is 193 Å². The van der Waals surface area contributed by atoms with Crippen LogP contribution in [0.1, 0.15) is 24.0 Å². The van der Waals surface area contributed by atoms with Gasteiger partial charge in [0.25, 0.3) is 0 Å². The second-order valence-electron chi connectivity index (χ2n) is 8.06. The van der Waals surface area contributed by atoms with E-state index in [9.17, 15) is 4.79 Å². The highest BCUT2D eigenvalue weighted by Gasteiger charge is 2.40.